The molecule has 0 saturated heterocycles. The lowest BCUT2D eigenvalue weighted by atomic mass is 10.0. The molecule has 0 saturated carbocycles. The molecule has 0 N–H and O–H groups in total. The van der Waals surface area contributed by atoms with Crippen molar-refractivity contribution in [2.75, 3.05) is 5.88 Å². The van der Waals surface area contributed by atoms with Gasteiger partial charge in [0.25, 0.3) is 0 Å². The van der Waals surface area contributed by atoms with Gasteiger partial charge in [-0.15, -0.1) is 11.6 Å². The molecule has 0 nitrogen and oxygen atoms in total. The Morgan fingerprint density at radius 2 is 0.325 bits per heavy atom. The van der Waals surface area contributed by atoms with E-state index in [1.807, 2.05) is 0 Å². The topological polar surface area (TPSA) is 0 Å². The highest BCUT2D eigenvalue weighted by Crippen LogP contribution is 2.17. The fourth-order valence-electron chi connectivity index (χ4n) is 6.35. The Hall–Kier alpha value is 0.290. The van der Waals surface area contributed by atoms with Gasteiger partial charge in [-0.2, -0.15) is 0 Å². The quantitative estimate of drug-likeness (QED) is 0.0504. The van der Waals surface area contributed by atoms with Crippen LogP contribution in [-0.2, 0) is 0 Å². The Bertz CT molecular complexity index is 368. The van der Waals surface area contributed by atoms with Crippen LogP contribution in [0.1, 0.15) is 244 Å². The fraction of sp³-hybridized carbons (Fsp3) is 1.00. The van der Waals surface area contributed by atoms with Crippen LogP contribution >= 0.6 is 11.6 Å². The molecule has 0 aliphatic carbocycles. The Labute approximate surface area is 261 Å². The maximum absolute atomic E-state index is 5.73. The molecule has 0 unspecified atom stereocenters. The van der Waals surface area contributed by atoms with Crippen molar-refractivity contribution in [2.24, 2.45) is 0 Å². The summed E-state index contributed by atoms with van der Waals surface area (Å²) in [5.74, 6) is 0.847. The summed E-state index contributed by atoms with van der Waals surface area (Å²) >= 11 is 5.73. The zero-order valence-corrected chi connectivity index (χ0v) is 29.0. The Kier molecular flexibility index (Phi) is 39.6. The molecule has 0 spiro atoms. The van der Waals surface area contributed by atoms with Crippen LogP contribution in [0.2, 0.25) is 0 Å². The maximum atomic E-state index is 5.73. The van der Waals surface area contributed by atoms with Gasteiger partial charge in [0.05, 0.1) is 0 Å². The standard InChI is InChI=1S/C39H79Cl/c1-2-3-4-5-6-7-8-9-10-11-12-13-14-15-16-17-18-19-20-21-22-23-24-25-26-27-28-29-30-31-32-33-34-35-36-37-38-39-40/h2-39H2,1H3. The highest BCUT2D eigenvalue weighted by atomic mass is 35.5. The van der Waals surface area contributed by atoms with Crippen LogP contribution in [0.5, 0.6) is 0 Å². The zero-order chi connectivity index (χ0) is 28.9. The molecule has 0 aromatic carbocycles. The monoisotopic (exact) mass is 583 g/mol. The number of hydrogen-bond acceptors (Lipinski definition) is 0. The molecule has 0 rings (SSSR count). The largest absolute Gasteiger partial charge is 0.127 e. The number of unbranched alkanes of at least 4 members (excludes halogenated alkanes) is 36. The van der Waals surface area contributed by atoms with E-state index in [-0.39, 0.29) is 0 Å². The predicted octanol–water partition coefficient (Wildman–Crippen LogP) is 15.7. The number of hydrogen-bond donors (Lipinski definition) is 0. The average Bonchev–Trinajstić information content (AvgIpc) is 2.97. The maximum Gasteiger partial charge on any atom is 0.0223 e. The van der Waals surface area contributed by atoms with Crippen molar-refractivity contribution in [2.45, 2.75) is 244 Å². The number of alkyl halides is 1. The van der Waals surface area contributed by atoms with Gasteiger partial charge in [-0.1, -0.05) is 238 Å². The lowest BCUT2D eigenvalue weighted by molar-refractivity contribution is 0.510. The van der Waals surface area contributed by atoms with Crippen molar-refractivity contribution in [1.82, 2.24) is 0 Å². The summed E-state index contributed by atoms with van der Waals surface area (Å²) in [6, 6.07) is 0. The van der Waals surface area contributed by atoms with Gasteiger partial charge in [-0.3, -0.25) is 0 Å². The van der Waals surface area contributed by atoms with E-state index < -0.39 is 0 Å². The van der Waals surface area contributed by atoms with Crippen molar-refractivity contribution < 1.29 is 0 Å². The van der Waals surface area contributed by atoms with E-state index in [0.717, 1.165) is 5.88 Å². The SMILES string of the molecule is CCCCCCCCCCCCCCCCCCCCCCCCCCCCCCCCCCCCCCCCl. The zero-order valence-electron chi connectivity index (χ0n) is 28.2. The molecule has 0 bridgehead atoms. The van der Waals surface area contributed by atoms with Crippen LogP contribution < -0.4 is 0 Å². The molecule has 40 heavy (non-hydrogen) atoms. The minimum absolute atomic E-state index is 0.847. The first-order chi connectivity index (χ1) is 19.9. The minimum atomic E-state index is 0.847. The first-order valence-electron chi connectivity index (χ1n) is 19.5. The Morgan fingerprint density at radius 1 is 0.200 bits per heavy atom. The fourth-order valence-corrected chi connectivity index (χ4v) is 6.54. The van der Waals surface area contributed by atoms with Crippen LogP contribution in [0, 0.1) is 0 Å². The van der Waals surface area contributed by atoms with Gasteiger partial charge in [0.2, 0.25) is 0 Å². The highest BCUT2D eigenvalue weighted by Gasteiger charge is 1.97. The van der Waals surface area contributed by atoms with E-state index in [4.69, 9.17) is 11.6 Å². The Morgan fingerprint density at radius 3 is 0.450 bits per heavy atom. The van der Waals surface area contributed by atoms with E-state index in [9.17, 15) is 0 Å². The molecule has 1 heteroatoms. The second-order valence-corrected chi connectivity index (χ2v) is 13.8. The van der Waals surface area contributed by atoms with Crippen molar-refractivity contribution in [3.8, 4) is 0 Å². The van der Waals surface area contributed by atoms with E-state index >= 15 is 0 Å². The van der Waals surface area contributed by atoms with Crippen molar-refractivity contribution in [3.05, 3.63) is 0 Å². The summed E-state index contributed by atoms with van der Waals surface area (Å²) in [7, 11) is 0. The minimum Gasteiger partial charge on any atom is -0.127 e. The molecule has 0 fully saturated rings. The third kappa shape index (κ3) is 38.3. The second-order valence-electron chi connectivity index (χ2n) is 13.4. The number of halogens is 1. The van der Waals surface area contributed by atoms with Gasteiger partial charge in [0.15, 0.2) is 0 Å². The van der Waals surface area contributed by atoms with E-state index in [0.29, 0.717) is 0 Å². The van der Waals surface area contributed by atoms with Crippen molar-refractivity contribution in [1.29, 1.82) is 0 Å². The smallest absolute Gasteiger partial charge is 0.0223 e. The molecule has 0 heterocycles. The van der Waals surface area contributed by atoms with Gasteiger partial charge in [-0.05, 0) is 6.42 Å². The molecule has 0 radical (unpaired) electrons. The summed E-state index contributed by atoms with van der Waals surface area (Å²) in [5, 5.41) is 0. The lowest BCUT2D eigenvalue weighted by Gasteiger charge is -2.05. The predicted molar refractivity (Wildman–Crippen MR) is 187 cm³/mol. The summed E-state index contributed by atoms with van der Waals surface area (Å²) in [4.78, 5) is 0. The highest BCUT2D eigenvalue weighted by molar-refractivity contribution is 6.17. The van der Waals surface area contributed by atoms with Gasteiger partial charge < -0.3 is 0 Å². The lowest BCUT2D eigenvalue weighted by Crippen LogP contribution is -1.85. The van der Waals surface area contributed by atoms with Crippen LogP contribution in [0.3, 0.4) is 0 Å². The van der Waals surface area contributed by atoms with Gasteiger partial charge in [0, 0.05) is 5.88 Å². The molecule has 0 aliphatic rings. The first-order valence-corrected chi connectivity index (χ1v) is 20.0. The summed E-state index contributed by atoms with van der Waals surface area (Å²) in [6.45, 7) is 2.31. The Balaban J connectivity index is 3.01. The molecule has 0 amide bonds. The molecule has 0 aromatic heterocycles. The molecule has 0 aromatic rings. The van der Waals surface area contributed by atoms with Gasteiger partial charge in [0.1, 0.15) is 0 Å². The third-order valence-corrected chi connectivity index (χ3v) is 9.50. The number of rotatable bonds is 37. The van der Waals surface area contributed by atoms with Gasteiger partial charge >= 0.3 is 0 Å². The van der Waals surface area contributed by atoms with Crippen LogP contribution in [0.25, 0.3) is 0 Å². The molecular formula is C39H79Cl. The molecular weight excluding hydrogens is 504 g/mol. The van der Waals surface area contributed by atoms with E-state index in [1.54, 1.807) is 0 Å². The average molecular weight is 584 g/mol. The first kappa shape index (κ1) is 40.3. The van der Waals surface area contributed by atoms with E-state index in [1.165, 1.54) is 238 Å². The van der Waals surface area contributed by atoms with Crippen LogP contribution in [0.4, 0.5) is 0 Å². The third-order valence-electron chi connectivity index (χ3n) is 9.24. The molecule has 0 atom stereocenters. The van der Waals surface area contributed by atoms with E-state index in [2.05, 4.69) is 6.92 Å². The second kappa shape index (κ2) is 39.3. The normalized spacial score (nSPS) is 11.6. The van der Waals surface area contributed by atoms with Crippen molar-refractivity contribution >= 4 is 11.6 Å². The van der Waals surface area contributed by atoms with Crippen molar-refractivity contribution in [3.63, 3.8) is 0 Å². The van der Waals surface area contributed by atoms with Crippen LogP contribution in [0.15, 0.2) is 0 Å². The van der Waals surface area contributed by atoms with Gasteiger partial charge in [-0.25, -0.2) is 0 Å². The summed E-state index contributed by atoms with van der Waals surface area (Å²) in [6.07, 6.45) is 54.2. The molecule has 0 aliphatic heterocycles. The summed E-state index contributed by atoms with van der Waals surface area (Å²) in [5.41, 5.74) is 0. The summed E-state index contributed by atoms with van der Waals surface area (Å²) < 4.78 is 0. The van der Waals surface area contributed by atoms with Crippen LogP contribution in [-0.4, -0.2) is 5.88 Å². The molecule has 242 valence electrons.